The SMILES string of the molecule is O=C(Nc1ccc(Cl)cc1)[C@@H]1[C@@H]2C(=O)N(c3ccccc3F)C(=O)[C@@H]2[C@@H]2c3ccccc3C=CN12. The molecule has 3 aliphatic rings. The van der Waals surface area contributed by atoms with Crippen LogP contribution in [-0.4, -0.2) is 28.7 Å². The van der Waals surface area contributed by atoms with E-state index < -0.39 is 47.5 Å². The third kappa shape index (κ3) is 3.26. The van der Waals surface area contributed by atoms with Crippen molar-refractivity contribution in [3.8, 4) is 0 Å². The second kappa shape index (κ2) is 8.06. The number of carbonyl (C=O) groups excluding carboxylic acids is 3. The van der Waals surface area contributed by atoms with Crippen LogP contribution < -0.4 is 10.2 Å². The Bertz CT molecular complexity index is 1410. The van der Waals surface area contributed by atoms with E-state index in [-0.39, 0.29) is 5.69 Å². The van der Waals surface area contributed by atoms with Gasteiger partial charge < -0.3 is 10.2 Å². The maximum atomic E-state index is 14.7. The van der Waals surface area contributed by atoms with E-state index in [1.165, 1.54) is 18.2 Å². The highest BCUT2D eigenvalue weighted by atomic mass is 35.5. The van der Waals surface area contributed by atoms with Crippen LogP contribution in [0.5, 0.6) is 0 Å². The molecule has 0 radical (unpaired) electrons. The Morgan fingerprint density at radius 2 is 1.57 bits per heavy atom. The molecule has 6 nitrogen and oxygen atoms in total. The Balaban J connectivity index is 1.45. The van der Waals surface area contributed by atoms with E-state index in [2.05, 4.69) is 5.32 Å². The smallest absolute Gasteiger partial charge is 0.247 e. The summed E-state index contributed by atoms with van der Waals surface area (Å²) in [5.74, 6) is -4.00. The Hall–Kier alpha value is -3.97. The number of hydrogen-bond acceptors (Lipinski definition) is 4. The maximum absolute atomic E-state index is 14.7. The summed E-state index contributed by atoms with van der Waals surface area (Å²) >= 11 is 5.96. The number of carbonyl (C=O) groups is 3. The van der Waals surface area contributed by atoms with Crippen molar-refractivity contribution in [2.75, 3.05) is 10.2 Å². The van der Waals surface area contributed by atoms with Crippen molar-refractivity contribution in [1.82, 2.24) is 4.90 Å². The first kappa shape index (κ1) is 21.6. The Labute approximate surface area is 205 Å². The summed E-state index contributed by atoms with van der Waals surface area (Å²) in [4.78, 5) is 43.7. The average Bonchev–Trinajstić information content (AvgIpc) is 3.34. The van der Waals surface area contributed by atoms with Crippen LogP contribution in [0.25, 0.3) is 6.08 Å². The standard InChI is InChI=1S/C27H19ClFN3O3/c28-16-9-11-17(12-10-16)30-25(33)24-22-21(23-18-6-2-1-5-15(18)13-14-31(23)24)26(34)32(27(22)35)20-8-4-3-7-19(20)29/h1-14,21-24H,(H,30,33)/t21-,22+,23-,24-/m0/s1. The van der Waals surface area contributed by atoms with Crippen molar-refractivity contribution in [2.24, 2.45) is 11.8 Å². The van der Waals surface area contributed by atoms with E-state index in [4.69, 9.17) is 11.6 Å². The number of amides is 3. The highest BCUT2D eigenvalue weighted by Crippen LogP contribution is 2.53. The number of hydrogen-bond donors (Lipinski definition) is 1. The second-order valence-electron chi connectivity index (χ2n) is 8.79. The Morgan fingerprint density at radius 1 is 0.886 bits per heavy atom. The van der Waals surface area contributed by atoms with Crippen LogP contribution in [0.2, 0.25) is 5.02 Å². The van der Waals surface area contributed by atoms with E-state index in [1.807, 2.05) is 30.3 Å². The molecule has 0 bridgehead atoms. The lowest BCUT2D eigenvalue weighted by molar-refractivity contribution is -0.128. The lowest BCUT2D eigenvalue weighted by Gasteiger charge is -2.35. The summed E-state index contributed by atoms with van der Waals surface area (Å²) in [5.41, 5.74) is 2.18. The van der Waals surface area contributed by atoms with Gasteiger partial charge in [0.05, 0.1) is 23.6 Å². The predicted octanol–water partition coefficient (Wildman–Crippen LogP) is 4.63. The Kier molecular flexibility index (Phi) is 4.96. The van der Waals surface area contributed by atoms with Gasteiger partial charge in [-0.3, -0.25) is 14.4 Å². The first-order chi connectivity index (χ1) is 17.0. The fourth-order valence-electron chi connectivity index (χ4n) is 5.48. The third-order valence-corrected chi connectivity index (χ3v) is 7.19. The normalized spacial score (nSPS) is 24.3. The van der Waals surface area contributed by atoms with E-state index in [0.29, 0.717) is 10.7 Å². The van der Waals surface area contributed by atoms with Gasteiger partial charge in [0.15, 0.2) is 0 Å². The van der Waals surface area contributed by atoms with Crippen molar-refractivity contribution in [2.45, 2.75) is 12.1 Å². The fraction of sp³-hybridized carbons (Fsp3) is 0.148. The topological polar surface area (TPSA) is 69.7 Å². The molecule has 2 fully saturated rings. The number of fused-ring (bicyclic) bond motifs is 5. The molecular formula is C27H19ClFN3O3. The zero-order valence-corrected chi connectivity index (χ0v) is 19.0. The van der Waals surface area contributed by atoms with Gasteiger partial charge in [-0.15, -0.1) is 0 Å². The molecule has 3 aromatic rings. The number of halogens is 2. The highest BCUT2D eigenvalue weighted by molar-refractivity contribution is 6.30. The zero-order valence-electron chi connectivity index (χ0n) is 18.3. The molecule has 8 heteroatoms. The summed E-state index contributed by atoms with van der Waals surface area (Å²) in [7, 11) is 0. The number of benzene rings is 3. The van der Waals surface area contributed by atoms with Gasteiger partial charge in [-0.25, -0.2) is 9.29 Å². The number of rotatable bonds is 3. The molecule has 174 valence electrons. The molecule has 2 saturated heterocycles. The number of imide groups is 1. The minimum absolute atomic E-state index is 0.0973. The van der Waals surface area contributed by atoms with Gasteiger partial charge >= 0.3 is 0 Å². The van der Waals surface area contributed by atoms with Crippen LogP contribution in [0.4, 0.5) is 15.8 Å². The average molecular weight is 488 g/mol. The summed E-state index contributed by atoms with van der Waals surface area (Å²) in [6.45, 7) is 0. The van der Waals surface area contributed by atoms with Crippen molar-refractivity contribution in [1.29, 1.82) is 0 Å². The molecule has 4 atom stereocenters. The van der Waals surface area contributed by atoms with E-state index >= 15 is 0 Å². The first-order valence-corrected chi connectivity index (χ1v) is 11.6. The highest BCUT2D eigenvalue weighted by Gasteiger charge is 2.64. The van der Waals surface area contributed by atoms with Crippen LogP contribution in [0.3, 0.4) is 0 Å². The molecule has 3 aromatic carbocycles. The zero-order chi connectivity index (χ0) is 24.3. The van der Waals surface area contributed by atoms with Gasteiger partial charge in [0.25, 0.3) is 0 Å². The molecule has 0 unspecified atom stereocenters. The molecule has 6 rings (SSSR count). The molecule has 0 aliphatic carbocycles. The van der Waals surface area contributed by atoms with Crippen molar-refractivity contribution >= 4 is 46.8 Å². The van der Waals surface area contributed by atoms with E-state index in [9.17, 15) is 18.8 Å². The quantitative estimate of drug-likeness (QED) is 0.547. The summed E-state index contributed by atoms with van der Waals surface area (Å²) in [6, 6.07) is 18.4. The number of nitrogens with zero attached hydrogens (tertiary/aromatic N) is 2. The van der Waals surface area contributed by atoms with E-state index in [0.717, 1.165) is 16.0 Å². The number of para-hydroxylation sites is 1. The molecule has 0 aromatic heterocycles. The second-order valence-corrected chi connectivity index (χ2v) is 9.23. The molecule has 35 heavy (non-hydrogen) atoms. The Morgan fingerprint density at radius 3 is 2.34 bits per heavy atom. The molecule has 1 N–H and O–H groups in total. The minimum atomic E-state index is -0.977. The van der Waals surface area contributed by atoms with Crippen molar-refractivity contribution in [3.63, 3.8) is 0 Å². The molecule has 3 amide bonds. The van der Waals surface area contributed by atoms with Crippen molar-refractivity contribution < 1.29 is 18.8 Å². The lowest BCUT2D eigenvalue weighted by atomic mass is 9.84. The molecular weight excluding hydrogens is 469 g/mol. The monoisotopic (exact) mass is 487 g/mol. The summed E-state index contributed by atoms with van der Waals surface area (Å²) < 4.78 is 14.7. The minimum Gasteiger partial charge on any atom is -0.357 e. The maximum Gasteiger partial charge on any atom is 0.247 e. The number of anilines is 2. The van der Waals surface area contributed by atoms with Crippen LogP contribution in [0.1, 0.15) is 17.2 Å². The molecule has 3 heterocycles. The van der Waals surface area contributed by atoms with Crippen LogP contribution in [0.15, 0.2) is 79.0 Å². The van der Waals surface area contributed by atoms with Gasteiger partial charge in [-0.2, -0.15) is 0 Å². The van der Waals surface area contributed by atoms with Crippen LogP contribution in [0, 0.1) is 17.7 Å². The third-order valence-electron chi connectivity index (χ3n) is 6.94. The summed E-state index contributed by atoms with van der Waals surface area (Å²) in [5, 5.41) is 3.38. The van der Waals surface area contributed by atoms with Gasteiger partial charge in [0, 0.05) is 16.9 Å². The number of nitrogens with one attached hydrogen (secondary N) is 1. The largest absolute Gasteiger partial charge is 0.357 e. The van der Waals surface area contributed by atoms with Crippen molar-refractivity contribution in [3.05, 3.63) is 101 Å². The molecule has 3 aliphatic heterocycles. The van der Waals surface area contributed by atoms with Crippen LogP contribution in [-0.2, 0) is 14.4 Å². The van der Waals surface area contributed by atoms with Gasteiger partial charge in [-0.1, -0.05) is 48.0 Å². The van der Waals surface area contributed by atoms with Gasteiger partial charge in [0.2, 0.25) is 17.7 Å². The molecule has 0 spiro atoms. The predicted molar refractivity (Wildman–Crippen MR) is 130 cm³/mol. The molecule has 0 saturated carbocycles. The van der Waals surface area contributed by atoms with Crippen LogP contribution >= 0.6 is 11.6 Å². The fourth-order valence-corrected chi connectivity index (χ4v) is 5.60. The summed E-state index contributed by atoms with van der Waals surface area (Å²) in [6.07, 6.45) is 3.64. The first-order valence-electron chi connectivity index (χ1n) is 11.2. The van der Waals surface area contributed by atoms with Gasteiger partial charge in [0.1, 0.15) is 11.9 Å². The van der Waals surface area contributed by atoms with Gasteiger partial charge in [-0.05, 0) is 53.6 Å². The lowest BCUT2D eigenvalue weighted by Crippen LogP contribution is -2.46. The van der Waals surface area contributed by atoms with E-state index in [1.54, 1.807) is 41.4 Å².